The van der Waals surface area contributed by atoms with Crippen LogP contribution in [0.5, 0.6) is 0 Å². The molecule has 0 radical (unpaired) electrons. The van der Waals surface area contributed by atoms with Gasteiger partial charge in [0.2, 0.25) is 0 Å². The highest BCUT2D eigenvalue weighted by molar-refractivity contribution is 9.13. The van der Waals surface area contributed by atoms with Gasteiger partial charge in [-0.05, 0) is 55.6 Å². The molecule has 1 aromatic carbocycles. The van der Waals surface area contributed by atoms with E-state index in [1.54, 1.807) is 11.9 Å². The lowest BCUT2D eigenvalue weighted by Crippen LogP contribution is -2.25. The van der Waals surface area contributed by atoms with Crippen LogP contribution in [0.4, 0.5) is 5.69 Å². The molecule has 100 valence electrons. The molecule has 1 heterocycles. The number of hydrogen-bond donors (Lipinski definition) is 1. The molecule has 0 saturated heterocycles. The maximum absolute atomic E-state index is 12.3. The van der Waals surface area contributed by atoms with E-state index in [-0.39, 0.29) is 5.91 Å². The molecule has 6 heteroatoms. The summed E-state index contributed by atoms with van der Waals surface area (Å²) in [5.74, 6) is 0.00762. The molecule has 0 atom stereocenters. The summed E-state index contributed by atoms with van der Waals surface area (Å²) in [5.41, 5.74) is 7.42. The van der Waals surface area contributed by atoms with E-state index in [1.807, 2.05) is 30.3 Å². The highest BCUT2D eigenvalue weighted by Gasteiger charge is 2.16. The summed E-state index contributed by atoms with van der Waals surface area (Å²) in [4.78, 5) is 14.6. The van der Waals surface area contributed by atoms with Crippen molar-refractivity contribution in [2.45, 2.75) is 6.54 Å². The third-order valence-corrected chi connectivity index (χ3v) is 5.85. The highest BCUT2D eigenvalue weighted by atomic mass is 79.9. The van der Waals surface area contributed by atoms with Gasteiger partial charge in [-0.2, -0.15) is 0 Å². The predicted molar refractivity (Wildman–Crippen MR) is 86.4 cm³/mol. The maximum atomic E-state index is 12.3. The Morgan fingerprint density at radius 2 is 1.95 bits per heavy atom. The lowest BCUT2D eigenvalue weighted by atomic mass is 10.2. The minimum atomic E-state index is 0.00762. The van der Waals surface area contributed by atoms with Crippen LogP contribution in [0.15, 0.2) is 38.6 Å². The fraction of sp³-hybridized carbons (Fsp3) is 0.154. The Kier molecular flexibility index (Phi) is 4.65. The van der Waals surface area contributed by atoms with Crippen LogP contribution in [-0.2, 0) is 6.54 Å². The number of rotatable bonds is 3. The molecule has 1 amide bonds. The molecule has 2 rings (SSSR count). The topological polar surface area (TPSA) is 46.3 Å². The fourth-order valence-electron chi connectivity index (χ4n) is 1.61. The van der Waals surface area contributed by atoms with Crippen LogP contribution in [0.3, 0.4) is 0 Å². The Labute approximate surface area is 132 Å². The van der Waals surface area contributed by atoms with E-state index in [0.717, 1.165) is 19.5 Å². The number of nitrogens with two attached hydrogens (primary N) is 1. The van der Waals surface area contributed by atoms with Crippen LogP contribution in [0.1, 0.15) is 15.2 Å². The summed E-state index contributed by atoms with van der Waals surface area (Å²) in [5, 5.41) is 0. The van der Waals surface area contributed by atoms with Gasteiger partial charge in [0.15, 0.2) is 0 Å². The molecule has 19 heavy (non-hydrogen) atoms. The Balaban J connectivity index is 2.09. The zero-order valence-electron chi connectivity index (χ0n) is 10.2. The van der Waals surface area contributed by atoms with Crippen LogP contribution in [0.25, 0.3) is 0 Å². The summed E-state index contributed by atoms with van der Waals surface area (Å²) in [6.45, 7) is 0.562. The molecular formula is C13H12Br2N2OS. The average Bonchev–Trinajstić information content (AvgIpc) is 2.71. The second-order valence-corrected chi connectivity index (χ2v) is 7.36. The number of nitrogen functional groups attached to an aromatic ring is 1. The SMILES string of the molecule is CN(Cc1ccc(N)cc1)C(=O)c1cc(Br)c(Br)s1. The van der Waals surface area contributed by atoms with Gasteiger partial charge >= 0.3 is 0 Å². The minimum absolute atomic E-state index is 0.00762. The Bertz CT molecular complexity index is 576. The van der Waals surface area contributed by atoms with E-state index in [9.17, 15) is 4.79 Å². The highest BCUT2D eigenvalue weighted by Crippen LogP contribution is 2.33. The van der Waals surface area contributed by atoms with Crippen LogP contribution in [-0.4, -0.2) is 17.9 Å². The van der Waals surface area contributed by atoms with Crippen molar-refractivity contribution in [3.63, 3.8) is 0 Å². The third kappa shape index (κ3) is 3.58. The van der Waals surface area contributed by atoms with Gasteiger partial charge in [-0.3, -0.25) is 4.79 Å². The molecule has 3 nitrogen and oxygen atoms in total. The summed E-state index contributed by atoms with van der Waals surface area (Å²) in [6.07, 6.45) is 0. The first kappa shape index (κ1) is 14.6. The molecule has 1 aromatic heterocycles. The Morgan fingerprint density at radius 1 is 1.32 bits per heavy atom. The largest absolute Gasteiger partial charge is 0.399 e. The van der Waals surface area contributed by atoms with Crippen molar-refractivity contribution in [1.29, 1.82) is 0 Å². The number of carbonyl (C=O) groups is 1. The normalized spacial score (nSPS) is 10.5. The van der Waals surface area contributed by atoms with E-state index in [2.05, 4.69) is 31.9 Å². The molecular weight excluding hydrogens is 392 g/mol. The Hall–Kier alpha value is -0.850. The molecule has 0 unspecified atom stereocenters. The van der Waals surface area contributed by atoms with Gasteiger partial charge in [0.1, 0.15) is 0 Å². The van der Waals surface area contributed by atoms with Crippen LogP contribution < -0.4 is 5.73 Å². The van der Waals surface area contributed by atoms with Crippen molar-refractivity contribution in [3.8, 4) is 0 Å². The van der Waals surface area contributed by atoms with E-state index >= 15 is 0 Å². The van der Waals surface area contributed by atoms with Crippen molar-refractivity contribution in [2.24, 2.45) is 0 Å². The van der Waals surface area contributed by atoms with Gasteiger partial charge in [-0.25, -0.2) is 0 Å². The first-order valence-electron chi connectivity index (χ1n) is 5.52. The standard InChI is InChI=1S/C13H12Br2N2OS/c1-17(7-8-2-4-9(16)5-3-8)13(18)11-6-10(14)12(15)19-11/h2-6H,7,16H2,1H3. The van der Waals surface area contributed by atoms with Crippen molar-refractivity contribution >= 4 is 54.8 Å². The van der Waals surface area contributed by atoms with Crippen LogP contribution in [0, 0.1) is 0 Å². The maximum Gasteiger partial charge on any atom is 0.264 e. The van der Waals surface area contributed by atoms with E-state index in [4.69, 9.17) is 5.73 Å². The van der Waals surface area contributed by atoms with Gasteiger partial charge in [0.25, 0.3) is 5.91 Å². The molecule has 0 aliphatic rings. The number of hydrogen-bond acceptors (Lipinski definition) is 3. The van der Waals surface area contributed by atoms with Gasteiger partial charge in [-0.15, -0.1) is 11.3 Å². The molecule has 0 saturated carbocycles. The number of anilines is 1. The predicted octanol–water partition coefficient (Wildman–Crippen LogP) is 4.13. The first-order valence-corrected chi connectivity index (χ1v) is 7.92. The van der Waals surface area contributed by atoms with Gasteiger partial charge in [0, 0.05) is 23.8 Å². The Morgan fingerprint density at radius 3 is 2.47 bits per heavy atom. The molecule has 2 N–H and O–H groups in total. The monoisotopic (exact) mass is 402 g/mol. The van der Waals surface area contributed by atoms with E-state index in [1.165, 1.54) is 11.3 Å². The molecule has 2 aromatic rings. The fourth-order valence-corrected chi connectivity index (χ4v) is 3.64. The quantitative estimate of drug-likeness (QED) is 0.783. The van der Waals surface area contributed by atoms with Gasteiger partial charge < -0.3 is 10.6 Å². The average molecular weight is 404 g/mol. The van der Waals surface area contributed by atoms with E-state index in [0.29, 0.717) is 11.4 Å². The van der Waals surface area contributed by atoms with Crippen molar-refractivity contribution in [2.75, 3.05) is 12.8 Å². The zero-order chi connectivity index (χ0) is 14.0. The van der Waals surface area contributed by atoms with Crippen molar-refractivity contribution < 1.29 is 4.79 Å². The number of nitrogens with zero attached hydrogens (tertiary/aromatic N) is 1. The van der Waals surface area contributed by atoms with E-state index < -0.39 is 0 Å². The molecule has 0 aliphatic carbocycles. The summed E-state index contributed by atoms with van der Waals surface area (Å²) in [7, 11) is 1.79. The number of halogens is 2. The number of thiophene rings is 1. The number of amides is 1. The molecule has 0 spiro atoms. The third-order valence-electron chi connectivity index (χ3n) is 2.60. The molecule has 0 fully saturated rings. The van der Waals surface area contributed by atoms with Gasteiger partial charge in [-0.1, -0.05) is 12.1 Å². The molecule has 0 aliphatic heterocycles. The smallest absolute Gasteiger partial charge is 0.264 e. The second kappa shape index (κ2) is 6.07. The van der Waals surface area contributed by atoms with Crippen LogP contribution >= 0.6 is 43.2 Å². The lowest BCUT2D eigenvalue weighted by molar-refractivity contribution is 0.0790. The zero-order valence-corrected chi connectivity index (χ0v) is 14.2. The number of carbonyl (C=O) groups excluding carboxylic acids is 1. The summed E-state index contributed by atoms with van der Waals surface area (Å²) >= 11 is 8.20. The second-order valence-electron chi connectivity index (χ2n) is 4.14. The van der Waals surface area contributed by atoms with Crippen molar-refractivity contribution in [1.82, 2.24) is 4.90 Å². The molecule has 0 bridgehead atoms. The minimum Gasteiger partial charge on any atom is -0.399 e. The van der Waals surface area contributed by atoms with Crippen LogP contribution in [0.2, 0.25) is 0 Å². The summed E-state index contributed by atoms with van der Waals surface area (Å²) < 4.78 is 1.83. The first-order chi connectivity index (χ1) is 8.97. The lowest BCUT2D eigenvalue weighted by Gasteiger charge is -2.16. The number of benzene rings is 1. The van der Waals surface area contributed by atoms with Crippen molar-refractivity contribution in [3.05, 3.63) is 49.0 Å². The van der Waals surface area contributed by atoms with Gasteiger partial charge in [0.05, 0.1) is 8.66 Å². The summed E-state index contributed by atoms with van der Waals surface area (Å²) in [6, 6.07) is 9.37.